The average Bonchev–Trinajstić information content (AvgIpc) is 3.33. The standard InChI is InChI=1S/C21H16F6N3OS/c22-11-32-28-8-12-9-30(10-21(12,26)27)18-7-17(31-29-18)20-13(3-1-4-16(20)25)19-14(23)5-2-6-15(19)24/h1-6,12,17H,7,9-11H2/q+1. The molecule has 0 bridgehead atoms. The van der Waals surface area contributed by atoms with Crippen LogP contribution in [-0.4, -0.2) is 35.8 Å². The molecule has 0 amide bonds. The average molecular weight is 472 g/mol. The Balaban J connectivity index is 1.58. The summed E-state index contributed by atoms with van der Waals surface area (Å²) in [6, 6.07) is 8.46. The van der Waals surface area contributed by atoms with Crippen molar-refractivity contribution in [2.24, 2.45) is 11.1 Å². The van der Waals surface area contributed by atoms with Gasteiger partial charge in [0.15, 0.2) is 12.0 Å². The molecular formula is C21H16F6N3OS+. The van der Waals surface area contributed by atoms with Gasteiger partial charge in [0, 0.05) is 16.4 Å². The number of nitrogens with zero attached hydrogens (tertiary/aromatic N) is 3. The van der Waals surface area contributed by atoms with Gasteiger partial charge in [-0.3, -0.25) is 0 Å². The van der Waals surface area contributed by atoms with Gasteiger partial charge in [-0.2, -0.15) is 0 Å². The summed E-state index contributed by atoms with van der Waals surface area (Å²) < 4.78 is 87.6. The van der Waals surface area contributed by atoms with Crippen molar-refractivity contribution >= 4 is 17.8 Å². The molecule has 4 nitrogen and oxygen atoms in total. The van der Waals surface area contributed by atoms with Gasteiger partial charge in [0.2, 0.25) is 6.01 Å². The zero-order chi connectivity index (χ0) is 22.9. The summed E-state index contributed by atoms with van der Waals surface area (Å²) in [5, 5.41) is 3.82. The van der Waals surface area contributed by atoms with Crippen LogP contribution in [0.25, 0.3) is 15.4 Å². The summed E-state index contributed by atoms with van der Waals surface area (Å²) in [5.41, 5.74) is -0.580. The molecule has 2 unspecified atom stereocenters. The molecule has 0 N–H and O–H groups in total. The summed E-state index contributed by atoms with van der Waals surface area (Å²) in [5.74, 6) is -6.93. The highest BCUT2D eigenvalue weighted by atomic mass is 32.2. The van der Waals surface area contributed by atoms with E-state index >= 15 is 0 Å². The van der Waals surface area contributed by atoms with E-state index in [1.807, 2.05) is 0 Å². The quantitative estimate of drug-likeness (QED) is 0.404. The second-order valence-corrected chi connectivity index (χ2v) is 7.92. The van der Waals surface area contributed by atoms with Crippen LogP contribution in [0.15, 0.2) is 41.6 Å². The van der Waals surface area contributed by atoms with Gasteiger partial charge in [-0.1, -0.05) is 23.4 Å². The molecule has 0 saturated carbocycles. The number of rotatable bonds is 3. The Morgan fingerprint density at radius 2 is 1.81 bits per heavy atom. The molecule has 168 valence electrons. The molecule has 2 aliphatic rings. The maximum atomic E-state index is 14.7. The molecule has 2 atom stereocenters. The van der Waals surface area contributed by atoms with E-state index in [0.717, 1.165) is 18.2 Å². The monoisotopic (exact) mass is 472 g/mol. The Labute approximate surface area is 183 Å². The zero-order valence-corrected chi connectivity index (χ0v) is 17.2. The van der Waals surface area contributed by atoms with E-state index < -0.39 is 53.5 Å². The highest BCUT2D eigenvalue weighted by Gasteiger charge is 2.52. The van der Waals surface area contributed by atoms with Gasteiger partial charge >= 0.3 is 18.0 Å². The first kappa shape index (κ1) is 22.3. The largest absolute Gasteiger partial charge is 0.386 e. The number of hydrogen-bond acceptors (Lipinski definition) is 4. The van der Waals surface area contributed by atoms with Crippen molar-refractivity contribution in [3.05, 3.63) is 63.7 Å². The van der Waals surface area contributed by atoms with Gasteiger partial charge in [-0.25, -0.2) is 26.3 Å². The Morgan fingerprint density at radius 1 is 1.12 bits per heavy atom. The van der Waals surface area contributed by atoms with Crippen LogP contribution < -0.4 is 0 Å². The van der Waals surface area contributed by atoms with E-state index in [-0.39, 0.29) is 29.9 Å². The molecule has 0 spiro atoms. The fraction of sp³-hybridized carbons (Fsp3) is 0.333. The molecule has 2 aromatic carbocycles. The van der Waals surface area contributed by atoms with Crippen molar-refractivity contribution in [3.63, 3.8) is 0 Å². The topological polar surface area (TPSA) is 29.2 Å². The van der Waals surface area contributed by atoms with E-state index in [9.17, 15) is 26.3 Å². The van der Waals surface area contributed by atoms with E-state index in [0.29, 0.717) is 11.9 Å². The second-order valence-electron chi connectivity index (χ2n) is 7.26. The first-order valence-corrected chi connectivity index (χ1v) is 10.5. The molecule has 1 saturated heterocycles. The van der Waals surface area contributed by atoms with Crippen LogP contribution in [-0.2, 0) is 4.84 Å². The summed E-state index contributed by atoms with van der Waals surface area (Å²) in [7, 11) is 0. The minimum atomic E-state index is -3.18. The molecule has 11 heteroatoms. The molecule has 0 aliphatic carbocycles. The zero-order valence-electron chi connectivity index (χ0n) is 16.4. The second kappa shape index (κ2) is 8.94. The Bertz CT molecular complexity index is 1100. The van der Waals surface area contributed by atoms with Crippen LogP contribution in [0.3, 0.4) is 0 Å². The third kappa shape index (κ3) is 4.24. The van der Waals surface area contributed by atoms with E-state index in [1.165, 1.54) is 23.1 Å². The lowest BCUT2D eigenvalue weighted by Crippen LogP contribution is -2.30. The molecule has 2 heterocycles. The molecule has 2 aliphatic heterocycles. The summed E-state index contributed by atoms with van der Waals surface area (Å²) in [6.45, 7) is -0.883. The fourth-order valence-corrected chi connectivity index (χ4v) is 4.03. The minimum absolute atomic E-state index is 0.0459. The number of amidine groups is 1. The third-order valence-corrected chi connectivity index (χ3v) is 5.59. The minimum Gasteiger partial charge on any atom is -0.386 e. The van der Waals surface area contributed by atoms with Gasteiger partial charge in [0.05, 0.1) is 18.5 Å². The maximum absolute atomic E-state index is 14.7. The highest BCUT2D eigenvalue weighted by molar-refractivity contribution is 8.01. The van der Waals surface area contributed by atoms with Crippen LogP contribution in [0.4, 0.5) is 26.3 Å². The van der Waals surface area contributed by atoms with Crippen LogP contribution in [0.1, 0.15) is 18.1 Å². The Morgan fingerprint density at radius 3 is 2.53 bits per heavy atom. The number of oxime groups is 1. The van der Waals surface area contributed by atoms with E-state index in [1.54, 1.807) is 0 Å². The predicted molar refractivity (Wildman–Crippen MR) is 108 cm³/mol. The first-order valence-electron chi connectivity index (χ1n) is 9.53. The van der Waals surface area contributed by atoms with Gasteiger partial charge in [0.25, 0.3) is 5.92 Å². The SMILES string of the molecule is FCS[N+]#CC1CN(C2=NOC(c3c(F)cccc3-c3c(F)cccc3F)C2)CC1(F)F. The Kier molecular flexibility index (Phi) is 6.24. The van der Waals surface area contributed by atoms with Crippen LogP contribution in [0, 0.1) is 29.4 Å². The lowest BCUT2D eigenvalue weighted by Gasteiger charge is -2.18. The summed E-state index contributed by atoms with van der Waals surface area (Å²) in [6.07, 6.45) is -1.14. The molecule has 32 heavy (non-hydrogen) atoms. The number of halogens is 6. The van der Waals surface area contributed by atoms with E-state index in [2.05, 4.69) is 15.5 Å². The normalized spacial score (nSPS) is 21.7. The van der Waals surface area contributed by atoms with Crippen LogP contribution in [0.5, 0.6) is 0 Å². The molecular weight excluding hydrogens is 456 g/mol. The van der Waals surface area contributed by atoms with Crippen molar-refractivity contribution in [1.82, 2.24) is 4.90 Å². The van der Waals surface area contributed by atoms with Crippen LogP contribution >= 0.6 is 11.9 Å². The van der Waals surface area contributed by atoms with Crippen LogP contribution in [0.2, 0.25) is 0 Å². The molecule has 4 rings (SSSR count). The molecule has 0 aromatic heterocycles. The fourth-order valence-electron chi connectivity index (χ4n) is 3.78. The van der Waals surface area contributed by atoms with E-state index in [4.69, 9.17) is 4.84 Å². The van der Waals surface area contributed by atoms with Crippen molar-refractivity contribution in [2.75, 3.05) is 19.1 Å². The number of benzene rings is 2. The lowest BCUT2D eigenvalue weighted by atomic mass is 9.93. The number of alkyl halides is 3. The third-order valence-electron chi connectivity index (χ3n) is 5.26. The summed E-state index contributed by atoms with van der Waals surface area (Å²) >= 11 is 0.468. The molecule has 0 radical (unpaired) electrons. The Hall–Kier alpha value is -2.87. The van der Waals surface area contributed by atoms with Crippen molar-refractivity contribution in [2.45, 2.75) is 18.4 Å². The van der Waals surface area contributed by atoms with Gasteiger partial charge in [-0.05, 0) is 23.8 Å². The predicted octanol–water partition coefficient (Wildman–Crippen LogP) is 6.02. The number of hydrogen-bond donors (Lipinski definition) is 0. The first-order chi connectivity index (χ1) is 15.3. The maximum Gasteiger partial charge on any atom is 0.345 e. The molecule has 1 fully saturated rings. The smallest absolute Gasteiger partial charge is 0.345 e. The van der Waals surface area contributed by atoms with Gasteiger partial charge in [-0.15, -0.1) is 0 Å². The highest BCUT2D eigenvalue weighted by Crippen LogP contribution is 2.41. The van der Waals surface area contributed by atoms with Crippen molar-refractivity contribution < 1.29 is 31.2 Å². The van der Waals surface area contributed by atoms with Crippen molar-refractivity contribution in [1.29, 1.82) is 0 Å². The summed E-state index contributed by atoms with van der Waals surface area (Å²) in [4.78, 5) is 6.57. The van der Waals surface area contributed by atoms with Gasteiger partial charge in [0.1, 0.15) is 23.3 Å². The molecule has 2 aromatic rings. The number of likely N-dealkylation sites (tertiary alicyclic amines) is 1. The van der Waals surface area contributed by atoms with Crippen molar-refractivity contribution in [3.8, 4) is 17.2 Å². The lowest BCUT2D eigenvalue weighted by molar-refractivity contribution is -0.00611. The van der Waals surface area contributed by atoms with Gasteiger partial charge < -0.3 is 9.74 Å².